The van der Waals surface area contributed by atoms with Crippen LogP contribution in [-0.4, -0.2) is 46.8 Å². The van der Waals surface area contributed by atoms with Crippen LogP contribution in [0.1, 0.15) is 35.4 Å². The highest BCUT2D eigenvalue weighted by atomic mass is 32.2. The highest BCUT2D eigenvalue weighted by Crippen LogP contribution is 2.19. The molecular formula is C21H27N3O3S. The van der Waals surface area contributed by atoms with Gasteiger partial charge in [-0.3, -0.25) is 9.59 Å². The molecule has 1 aliphatic rings. The number of thioether (sulfide) groups is 1. The Kier molecular flexibility index (Phi) is 7.14. The fourth-order valence-electron chi connectivity index (χ4n) is 3.40. The minimum absolute atomic E-state index is 0.0189. The number of nitrogens with one attached hydrogen (secondary N) is 1. The van der Waals surface area contributed by atoms with Gasteiger partial charge in [0.2, 0.25) is 11.8 Å². The van der Waals surface area contributed by atoms with Gasteiger partial charge in [0.15, 0.2) is 0 Å². The van der Waals surface area contributed by atoms with Crippen molar-refractivity contribution in [3.8, 4) is 0 Å². The maximum atomic E-state index is 12.9. The van der Waals surface area contributed by atoms with Crippen molar-refractivity contribution in [1.82, 2.24) is 15.4 Å². The average Bonchev–Trinajstić information content (AvgIpc) is 3.33. The van der Waals surface area contributed by atoms with Crippen molar-refractivity contribution in [3.05, 3.63) is 52.9 Å². The summed E-state index contributed by atoms with van der Waals surface area (Å²) in [7, 11) is 0. The number of rotatable bonds is 8. The molecule has 0 bridgehead atoms. The predicted molar refractivity (Wildman–Crippen MR) is 110 cm³/mol. The molecule has 1 atom stereocenters. The van der Waals surface area contributed by atoms with Crippen molar-refractivity contribution >= 4 is 23.6 Å². The zero-order valence-corrected chi connectivity index (χ0v) is 17.3. The fourth-order valence-corrected chi connectivity index (χ4v) is 4.38. The number of likely N-dealkylation sites (tertiary alicyclic amines) is 1. The average molecular weight is 402 g/mol. The van der Waals surface area contributed by atoms with Gasteiger partial charge in [-0.05, 0) is 32.3 Å². The second kappa shape index (κ2) is 9.78. The molecule has 28 heavy (non-hydrogen) atoms. The molecule has 2 amide bonds. The van der Waals surface area contributed by atoms with Gasteiger partial charge >= 0.3 is 0 Å². The standard InChI is InChI=1S/C21H27N3O3S/c1-15-18(16(2)27-23-15)13-28-14-20(25)22-19(12-17-8-4-3-5-9-17)21(26)24-10-6-7-11-24/h3-5,8-9,19H,6-7,10-14H2,1-2H3,(H,22,25). The quantitative estimate of drug-likeness (QED) is 0.736. The third-order valence-corrected chi connectivity index (χ3v) is 5.95. The van der Waals surface area contributed by atoms with E-state index in [0.29, 0.717) is 17.9 Å². The monoisotopic (exact) mass is 401 g/mol. The molecule has 1 aromatic carbocycles. The Morgan fingerprint density at radius 2 is 1.93 bits per heavy atom. The van der Waals surface area contributed by atoms with Crippen LogP contribution >= 0.6 is 11.8 Å². The molecule has 1 aliphatic heterocycles. The Hall–Kier alpha value is -2.28. The van der Waals surface area contributed by atoms with Crippen molar-refractivity contribution in [3.63, 3.8) is 0 Å². The first-order valence-electron chi connectivity index (χ1n) is 9.66. The SMILES string of the molecule is Cc1noc(C)c1CSCC(=O)NC(Cc1ccccc1)C(=O)N1CCCC1. The summed E-state index contributed by atoms with van der Waals surface area (Å²) in [6, 6.07) is 9.31. The Balaban J connectivity index is 1.58. The van der Waals surface area contributed by atoms with Crippen LogP contribution in [0.25, 0.3) is 0 Å². The van der Waals surface area contributed by atoms with Crippen LogP contribution in [0, 0.1) is 13.8 Å². The normalized spacial score (nSPS) is 14.9. The summed E-state index contributed by atoms with van der Waals surface area (Å²) in [6.45, 7) is 5.33. The van der Waals surface area contributed by atoms with E-state index in [2.05, 4.69) is 10.5 Å². The highest BCUT2D eigenvalue weighted by Gasteiger charge is 2.28. The third kappa shape index (κ3) is 5.38. The maximum Gasteiger partial charge on any atom is 0.245 e. The van der Waals surface area contributed by atoms with E-state index in [1.807, 2.05) is 49.1 Å². The third-order valence-electron chi connectivity index (χ3n) is 4.99. The number of aryl methyl sites for hydroxylation is 2. The fraction of sp³-hybridized carbons (Fsp3) is 0.476. The number of carbonyl (C=O) groups is 2. The van der Waals surface area contributed by atoms with Crippen LogP contribution in [0.4, 0.5) is 0 Å². The number of amides is 2. The summed E-state index contributed by atoms with van der Waals surface area (Å²) < 4.78 is 5.16. The molecule has 0 aliphatic carbocycles. The van der Waals surface area contributed by atoms with Crippen LogP contribution in [0.15, 0.2) is 34.9 Å². The molecule has 1 unspecified atom stereocenters. The number of benzene rings is 1. The number of hydrogen-bond acceptors (Lipinski definition) is 5. The highest BCUT2D eigenvalue weighted by molar-refractivity contribution is 7.99. The Labute approximate surface area is 170 Å². The molecule has 1 N–H and O–H groups in total. The number of nitrogens with zero attached hydrogens (tertiary/aromatic N) is 2. The van der Waals surface area contributed by atoms with Crippen LogP contribution < -0.4 is 5.32 Å². The summed E-state index contributed by atoms with van der Waals surface area (Å²) in [5.41, 5.74) is 2.94. The molecular weight excluding hydrogens is 374 g/mol. The minimum Gasteiger partial charge on any atom is -0.361 e. The number of carbonyl (C=O) groups excluding carboxylic acids is 2. The van der Waals surface area contributed by atoms with Crippen LogP contribution in [0.3, 0.4) is 0 Å². The molecule has 7 heteroatoms. The molecule has 0 spiro atoms. The van der Waals surface area contributed by atoms with Gasteiger partial charge in [-0.15, -0.1) is 11.8 Å². The Bertz CT molecular complexity index is 781. The van der Waals surface area contributed by atoms with E-state index in [9.17, 15) is 9.59 Å². The predicted octanol–water partition coefficient (Wildman–Crippen LogP) is 2.87. The van der Waals surface area contributed by atoms with Gasteiger partial charge in [-0.25, -0.2) is 0 Å². The minimum atomic E-state index is -0.521. The summed E-state index contributed by atoms with van der Waals surface area (Å²) >= 11 is 1.50. The molecule has 1 aromatic heterocycles. The van der Waals surface area contributed by atoms with E-state index in [4.69, 9.17) is 4.52 Å². The largest absolute Gasteiger partial charge is 0.361 e. The smallest absolute Gasteiger partial charge is 0.245 e. The van der Waals surface area contributed by atoms with Crippen molar-refractivity contribution in [2.24, 2.45) is 0 Å². The Morgan fingerprint density at radius 1 is 1.21 bits per heavy atom. The molecule has 6 nitrogen and oxygen atoms in total. The van der Waals surface area contributed by atoms with E-state index in [1.165, 1.54) is 11.8 Å². The van der Waals surface area contributed by atoms with Gasteiger partial charge < -0.3 is 14.7 Å². The number of hydrogen-bond donors (Lipinski definition) is 1. The van der Waals surface area contributed by atoms with E-state index in [1.54, 1.807) is 0 Å². The lowest BCUT2D eigenvalue weighted by molar-refractivity contribution is -0.135. The molecule has 2 aromatic rings. The van der Waals surface area contributed by atoms with E-state index in [0.717, 1.165) is 48.5 Å². The first-order chi connectivity index (χ1) is 13.5. The first kappa shape index (κ1) is 20.5. The summed E-state index contributed by atoms with van der Waals surface area (Å²) in [5.74, 6) is 1.65. The van der Waals surface area contributed by atoms with Crippen molar-refractivity contribution in [2.75, 3.05) is 18.8 Å². The topological polar surface area (TPSA) is 75.4 Å². The molecule has 1 saturated heterocycles. The lowest BCUT2D eigenvalue weighted by Gasteiger charge is -2.24. The molecule has 1 fully saturated rings. The van der Waals surface area contributed by atoms with E-state index in [-0.39, 0.29) is 11.8 Å². The lowest BCUT2D eigenvalue weighted by Crippen LogP contribution is -2.49. The van der Waals surface area contributed by atoms with Crippen molar-refractivity contribution < 1.29 is 14.1 Å². The van der Waals surface area contributed by atoms with Gasteiger partial charge in [-0.2, -0.15) is 0 Å². The second-order valence-electron chi connectivity index (χ2n) is 7.14. The van der Waals surface area contributed by atoms with Crippen molar-refractivity contribution in [2.45, 2.75) is 44.9 Å². The summed E-state index contributed by atoms with van der Waals surface area (Å²) in [5, 5.41) is 6.90. The summed E-state index contributed by atoms with van der Waals surface area (Å²) in [6.07, 6.45) is 2.58. The van der Waals surface area contributed by atoms with E-state index >= 15 is 0 Å². The van der Waals surface area contributed by atoms with Crippen LogP contribution in [-0.2, 0) is 21.8 Å². The lowest BCUT2D eigenvalue weighted by atomic mass is 10.0. The van der Waals surface area contributed by atoms with Gasteiger partial charge in [0.1, 0.15) is 11.8 Å². The molecule has 0 radical (unpaired) electrons. The Morgan fingerprint density at radius 3 is 2.57 bits per heavy atom. The summed E-state index contributed by atoms with van der Waals surface area (Å²) in [4.78, 5) is 27.3. The zero-order chi connectivity index (χ0) is 19.9. The van der Waals surface area contributed by atoms with Crippen molar-refractivity contribution in [1.29, 1.82) is 0 Å². The molecule has 150 valence electrons. The second-order valence-corrected chi connectivity index (χ2v) is 8.12. The van der Waals surface area contributed by atoms with Gasteiger partial charge in [0.25, 0.3) is 0 Å². The maximum absolute atomic E-state index is 12.9. The van der Waals surface area contributed by atoms with Gasteiger partial charge in [0.05, 0.1) is 11.4 Å². The van der Waals surface area contributed by atoms with Gasteiger partial charge in [0, 0.05) is 30.8 Å². The zero-order valence-electron chi connectivity index (χ0n) is 16.4. The van der Waals surface area contributed by atoms with Crippen LogP contribution in [0.5, 0.6) is 0 Å². The number of aromatic nitrogens is 1. The molecule has 3 rings (SSSR count). The van der Waals surface area contributed by atoms with Crippen LogP contribution in [0.2, 0.25) is 0 Å². The van der Waals surface area contributed by atoms with Gasteiger partial charge in [-0.1, -0.05) is 35.5 Å². The molecule has 2 heterocycles. The molecule has 0 saturated carbocycles. The van der Waals surface area contributed by atoms with E-state index < -0.39 is 6.04 Å². The first-order valence-corrected chi connectivity index (χ1v) is 10.8.